The van der Waals surface area contributed by atoms with E-state index < -0.39 is 6.61 Å². The Morgan fingerprint density at radius 3 is 2.62 bits per heavy atom. The number of alkyl halides is 2. The van der Waals surface area contributed by atoms with Crippen LogP contribution in [-0.2, 0) is 11.2 Å². The molecule has 1 aliphatic rings. The predicted molar refractivity (Wildman–Crippen MR) is 86.3 cm³/mol. The molecule has 2 amide bonds. The van der Waals surface area contributed by atoms with Gasteiger partial charge in [0.05, 0.1) is 12.2 Å². The van der Waals surface area contributed by atoms with Gasteiger partial charge in [0.1, 0.15) is 5.75 Å². The molecule has 0 spiro atoms. The first kappa shape index (κ1) is 18.4. The van der Waals surface area contributed by atoms with E-state index in [2.05, 4.69) is 15.4 Å². The maximum absolute atomic E-state index is 12.4. The Bertz CT molecular complexity index is 532. The number of carbonyl (C=O) groups is 1. The number of nitrogens with one attached hydrogen (secondary N) is 2. The number of carbonyl (C=O) groups excluding carboxylic acids is 1. The lowest BCUT2D eigenvalue weighted by molar-refractivity contribution is -0.0504. The molecule has 1 aliphatic heterocycles. The summed E-state index contributed by atoms with van der Waals surface area (Å²) in [5.41, 5.74) is 0.631. The number of rotatable bonds is 6. The maximum atomic E-state index is 12.4. The van der Waals surface area contributed by atoms with Crippen LogP contribution in [0, 0.1) is 0 Å². The maximum Gasteiger partial charge on any atom is 0.387 e. The van der Waals surface area contributed by atoms with Crippen molar-refractivity contribution in [3.8, 4) is 5.75 Å². The second kappa shape index (κ2) is 8.82. The average Bonchev–Trinajstić information content (AvgIpc) is 2.47. The third kappa shape index (κ3) is 5.96. The number of para-hydroxylation sites is 1. The molecule has 7 heteroatoms. The van der Waals surface area contributed by atoms with Gasteiger partial charge in [0.25, 0.3) is 0 Å². The summed E-state index contributed by atoms with van der Waals surface area (Å²) < 4.78 is 34.8. The zero-order chi connectivity index (χ0) is 17.5. The summed E-state index contributed by atoms with van der Waals surface area (Å²) >= 11 is 0. The Labute approximate surface area is 140 Å². The molecule has 0 bridgehead atoms. The van der Waals surface area contributed by atoms with Gasteiger partial charge in [-0.05, 0) is 44.7 Å². The minimum atomic E-state index is -2.86. The lowest BCUT2D eigenvalue weighted by atomic mass is 10.0. The molecule has 2 atom stereocenters. The number of amides is 2. The van der Waals surface area contributed by atoms with Crippen molar-refractivity contribution in [3.63, 3.8) is 0 Å². The smallest absolute Gasteiger partial charge is 0.387 e. The second-order valence-corrected chi connectivity index (χ2v) is 6.06. The van der Waals surface area contributed by atoms with E-state index in [0.29, 0.717) is 18.5 Å². The molecule has 1 aromatic rings. The Morgan fingerprint density at radius 2 is 1.96 bits per heavy atom. The summed E-state index contributed by atoms with van der Waals surface area (Å²) in [6, 6.07) is 6.41. The highest BCUT2D eigenvalue weighted by molar-refractivity contribution is 5.74. The van der Waals surface area contributed by atoms with Gasteiger partial charge >= 0.3 is 12.6 Å². The first-order valence-electron chi connectivity index (χ1n) is 8.16. The van der Waals surface area contributed by atoms with Crippen molar-refractivity contribution in [3.05, 3.63) is 29.8 Å². The minimum Gasteiger partial charge on any atom is -0.435 e. The Balaban J connectivity index is 1.77. The van der Waals surface area contributed by atoms with E-state index in [4.69, 9.17) is 4.74 Å². The zero-order valence-electron chi connectivity index (χ0n) is 13.9. The van der Waals surface area contributed by atoms with E-state index >= 15 is 0 Å². The summed E-state index contributed by atoms with van der Waals surface area (Å²) in [5.74, 6) is 0.141. The highest BCUT2D eigenvalue weighted by Gasteiger charge is 2.25. The molecular formula is C17H24F2N2O3. The molecule has 2 rings (SSSR count). The lowest BCUT2D eigenvalue weighted by Crippen LogP contribution is -2.47. The zero-order valence-corrected chi connectivity index (χ0v) is 13.9. The van der Waals surface area contributed by atoms with Crippen LogP contribution in [0.4, 0.5) is 13.6 Å². The molecule has 0 saturated carbocycles. The van der Waals surface area contributed by atoms with Gasteiger partial charge < -0.3 is 20.1 Å². The minimum absolute atomic E-state index is 0.0817. The normalized spacial score (nSPS) is 23.8. The van der Waals surface area contributed by atoms with E-state index in [1.807, 2.05) is 13.8 Å². The summed E-state index contributed by atoms with van der Waals surface area (Å²) in [7, 11) is 0. The van der Waals surface area contributed by atoms with Crippen LogP contribution in [0.2, 0.25) is 0 Å². The molecule has 0 aliphatic carbocycles. The van der Waals surface area contributed by atoms with Crippen LogP contribution >= 0.6 is 0 Å². The number of benzene rings is 1. The topological polar surface area (TPSA) is 59.6 Å². The van der Waals surface area contributed by atoms with E-state index in [9.17, 15) is 13.6 Å². The van der Waals surface area contributed by atoms with Gasteiger partial charge in [0, 0.05) is 12.6 Å². The molecule has 2 N–H and O–H groups in total. The van der Waals surface area contributed by atoms with Crippen LogP contribution in [0.1, 0.15) is 32.3 Å². The van der Waals surface area contributed by atoms with E-state index in [-0.39, 0.29) is 30.0 Å². The van der Waals surface area contributed by atoms with Crippen LogP contribution in [-0.4, -0.2) is 37.4 Å². The van der Waals surface area contributed by atoms with Gasteiger partial charge in [-0.2, -0.15) is 8.78 Å². The van der Waals surface area contributed by atoms with E-state index in [1.54, 1.807) is 18.2 Å². The van der Waals surface area contributed by atoms with Crippen LogP contribution in [0.3, 0.4) is 0 Å². The fraction of sp³-hybridized carbons (Fsp3) is 0.588. The summed E-state index contributed by atoms with van der Waals surface area (Å²) in [4.78, 5) is 12.0. The molecule has 1 saturated heterocycles. The Kier molecular flexibility index (Phi) is 6.78. The van der Waals surface area contributed by atoms with Crippen LogP contribution in [0.25, 0.3) is 0 Å². The number of hydrogen-bond donors (Lipinski definition) is 2. The highest BCUT2D eigenvalue weighted by Crippen LogP contribution is 2.21. The largest absolute Gasteiger partial charge is 0.435 e. The molecule has 5 nitrogen and oxygen atoms in total. The summed E-state index contributed by atoms with van der Waals surface area (Å²) in [6.45, 7) is 1.45. The monoisotopic (exact) mass is 342 g/mol. The highest BCUT2D eigenvalue weighted by atomic mass is 19.3. The predicted octanol–water partition coefficient (Wildman–Crippen LogP) is 3.09. The molecule has 2 unspecified atom stereocenters. The first-order valence-corrected chi connectivity index (χ1v) is 8.16. The molecule has 134 valence electrons. The summed E-state index contributed by atoms with van der Waals surface area (Å²) in [6.07, 6.45) is 2.22. The third-order valence-electron chi connectivity index (χ3n) is 3.90. The van der Waals surface area contributed by atoms with Crippen molar-refractivity contribution in [2.24, 2.45) is 0 Å². The van der Waals surface area contributed by atoms with Crippen LogP contribution < -0.4 is 15.4 Å². The van der Waals surface area contributed by atoms with Gasteiger partial charge in [-0.15, -0.1) is 0 Å². The number of ether oxygens (including phenoxy) is 2. The fourth-order valence-corrected chi connectivity index (χ4v) is 2.99. The van der Waals surface area contributed by atoms with E-state index in [1.165, 1.54) is 6.07 Å². The third-order valence-corrected chi connectivity index (χ3v) is 3.90. The van der Waals surface area contributed by atoms with Gasteiger partial charge in [0.2, 0.25) is 0 Å². The standard InChI is InChI=1S/C17H24F2N2O3/c1-11-9-14(10-12(2)23-11)21-17(22)20-8-7-13-5-3-4-6-15(13)24-16(18)19/h3-6,11-12,14,16H,7-10H2,1-2H3,(H2,20,21,22). The number of hydrogen-bond acceptors (Lipinski definition) is 3. The molecular weight excluding hydrogens is 318 g/mol. The van der Waals surface area contributed by atoms with Gasteiger partial charge in [-0.25, -0.2) is 4.79 Å². The van der Waals surface area contributed by atoms with Crippen LogP contribution in [0.5, 0.6) is 5.75 Å². The fourth-order valence-electron chi connectivity index (χ4n) is 2.99. The van der Waals surface area contributed by atoms with Gasteiger partial charge in [0.15, 0.2) is 0 Å². The van der Waals surface area contributed by atoms with Crippen molar-refractivity contribution in [1.82, 2.24) is 10.6 Å². The molecule has 0 aromatic heterocycles. The molecule has 1 heterocycles. The SMILES string of the molecule is CC1CC(NC(=O)NCCc2ccccc2OC(F)F)CC(C)O1. The second-order valence-electron chi connectivity index (χ2n) is 6.06. The molecule has 0 radical (unpaired) electrons. The van der Waals surface area contributed by atoms with Crippen molar-refractivity contribution < 1.29 is 23.0 Å². The quantitative estimate of drug-likeness (QED) is 0.835. The first-order chi connectivity index (χ1) is 11.4. The van der Waals surface area contributed by atoms with Crippen molar-refractivity contribution in [2.45, 2.75) is 58.0 Å². The van der Waals surface area contributed by atoms with Crippen molar-refractivity contribution >= 4 is 6.03 Å². The van der Waals surface area contributed by atoms with Gasteiger partial charge in [-0.3, -0.25) is 0 Å². The van der Waals surface area contributed by atoms with Crippen molar-refractivity contribution in [2.75, 3.05) is 6.54 Å². The number of halogens is 2. The average molecular weight is 342 g/mol. The lowest BCUT2D eigenvalue weighted by Gasteiger charge is -2.32. The Hall–Kier alpha value is -1.89. The molecule has 24 heavy (non-hydrogen) atoms. The summed E-state index contributed by atoms with van der Waals surface area (Å²) in [5, 5.41) is 5.69. The molecule has 1 fully saturated rings. The Morgan fingerprint density at radius 1 is 1.29 bits per heavy atom. The van der Waals surface area contributed by atoms with Crippen LogP contribution in [0.15, 0.2) is 24.3 Å². The van der Waals surface area contributed by atoms with E-state index in [0.717, 1.165) is 12.8 Å². The van der Waals surface area contributed by atoms with Gasteiger partial charge in [-0.1, -0.05) is 18.2 Å². The molecule has 1 aromatic carbocycles. The van der Waals surface area contributed by atoms with Crippen molar-refractivity contribution in [1.29, 1.82) is 0 Å². The number of urea groups is 1.